The first-order chi connectivity index (χ1) is 14.1. The van der Waals surface area contributed by atoms with Crippen molar-refractivity contribution in [2.24, 2.45) is 5.73 Å². The molecule has 0 spiro atoms. The minimum Gasteiger partial charge on any atom is -0.484 e. The fourth-order valence-electron chi connectivity index (χ4n) is 3.89. The molecular weight excluding hydrogens is 407 g/mol. The molecule has 0 aliphatic heterocycles. The average molecular weight is 425 g/mol. The van der Waals surface area contributed by atoms with Gasteiger partial charge in [-0.25, -0.2) is 0 Å². The van der Waals surface area contributed by atoms with Gasteiger partial charge in [0.25, 0.3) is 0 Å². The molecule has 2 aromatic heterocycles. The van der Waals surface area contributed by atoms with Crippen molar-refractivity contribution >= 4 is 28.8 Å². The molecule has 7 heteroatoms. The standard InChI is InChI=1S/C22H18Cl2N4O/c23-16-6-3-7-17(24)21(16)22-27-26-20-11-8-13(12-28(20)22)29-19-10-9-18(25)14-4-1-2-5-15(14)19/h1-8,11-12,18-19H,9-10,25H2. The Hall–Kier alpha value is -2.60. The predicted molar refractivity (Wildman–Crippen MR) is 114 cm³/mol. The van der Waals surface area contributed by atoms with Crippen molar-refractivity contribution in [3.63, 3.8) is 0 Å². The number of aromatic nitrogens is 3. The molecule has 0 radical (unpaired) electrons. The number of fused-ring (bicyclic) bond motifs is 2. The summed E-state index contributed by atoms with van der Waals surface area (Å²) in [5, 5.41) is 9.57. The summed E-state index contributed by atoms with van der Waals surface area (Å²) in [5.74, 6) is 1.30. The van der Waals surface area contributed by atoms with Gasteiger partial charge in [-0.1, -0.05) is 53.5 Å². The van der Waals surface area contributed by atoms with Crippen molar-refractivity contribution in [3.05, 3.63) is 82.0 Å². The van der Waals surface area contributed by atoms with Gasteiger partial charge >= 0.3 is 0 Å². The van der Waals surface area contributed by atoms with Gasteiger partial charge in [-0.3, -0.25) is 4.40 Å². The van der Waals surface area contributed by atoms with Gasteiger partial charge in [-0.2, -0.15) is 0 Å². The van der Waals surface area contributed by atoms with Gasteiger partial charge in [-0.15, -0.1) is 10.2 Å². The van der Waals surface area contributed by atoms with E-state index < -0.39 is 0 Å². The molecule has 2 N–H and O–H groups in total. The van der Waals surface area contributed by atoms with Crippen LogP contribution in [0.25, 0.3) is 17.0 Å². The van der Waals surface area contributed by atoms with Crippen molar-refractivity contribution in [2.45, 2.75) is 25.0 Å². The first kappa shape index (κ1) is 18.4. The Bertz CT molecular complexity index is 1190. The molecule has 0 fully saturated rings. The van der Waals surface area contributed by atoms with Crippen LogP contribution in [-0.4, -0.2) is 14.6 Å². The lowest BCUT2D eigenvalue weighted by molar-refractivity contribution is 0.176. The lowest BCUT2D eigenvalue weighted by Crippen LogP contribution is -2.23. The Kier molecular flexibility index (Phi) is 4.66. The van der Waals surface area contributed by atoms with E-state index in [1.165, 1.54) is 0 Å². The molecular formula is C22H18Cl2N4O. The van der Waals surface area contributed by atoms with E-state index in [0.717, 1.165) is 29.7 Å². The lowest BCUT2D eigenvalue weighted by atomic mass is 9.86. The number of halogens is 2. The maximum Gasteiger partial charge on any atom is 0.171 e. The summed E-state index contributed by atoms with van der Waals surface area (Å²) in [6.07, 6.45) is 3.58. The third-order valence-corrected chi connectivity index (χ3v) is 5.95. The van der Waals surface area contributed by atoms with Crippen LogP contribution in [0.5, 0.6) is 5.75 Å². The molecule has 2 atom stereocenters. The Morgan fingerprint density at radius 1 is 0.897 bits per heavy atom. The summed E-state index contributed by atoms with van der Waals surface area (Å²) in [6, 6.07) is 17.4. The zero-order valence-corrected chi connectivity index (χ0v) is 16.9. The second kappa shape index (κ2) is 7.34. The highest BCUT2D eigenvalue weighted by Gasteiger charge is 2.26. The van der Waals surface area contributed by atoms with Gasteiger partial charge < -0.3 is 10.5 Å². The van der Waals surface area contributed by atoms with Crippen LogP contribution in [0, 0.1) is 0 Å². The first-order valence-electron chi connectivity index (χ1n) is 9.42. The number of benzene rings is 2. The van der Waals surface area contributed by atoms with E-state index >= 15 is 0 Å². The topological polar surface area (TPSA) is 65.4 Å². The Morgan fingerprint density at radius 3 is 2.45 bits per heavy atom. The Labute approximate surface area is 178 Å². The van der Waals surface area contributed by atoms with Crippen LogP contribution in [-0.2, 0) is 0 Å². The SMILES string of the molecule is NC1CCC(Oc2ccc3nnc(-c4c(Cl)cccc4Cl)n3c2)c2ccccc21. The van der Waals surface area contributed by atoms with Crippen LogP contribution in [0.4, 0.5) is 0 Å². The van der Waals surface area contributed by atoms with Crippen LogP contribution >= 0.6 is 23.2 Å². The number of hydrogen-bond donors (Lipinski definition) is 1. The fourth-order valence-corrected chi connectivity index (χ4v) is 4.46. The van der Waals surface area contributed by atoms with Crippen LogP contribution in [0.2, 0.25) is 10.0 Å². The van der Waals surface area contributed by atoms with Gasteiger partial charge in [0.05, 0.1) is 21.8 Å². The highest BCUT2D eigenvalue weighted by atomic mass is 35.5. The van der Waals surface area contributed by atoms with Crippen molar-refractivity contribution in [1.82, 2.24) is 14.6 Å². The fraction of sp³-hybridized carbons (Fsp3) is 0.182. The Morgan fingerprint density at radius 2 is 1.66 bits per heavy atom. The number of rotatable bonds is 3. The summed E-state index contributed by atoms with van der Waals surface area (Å²) >= 11 is 12.8. The summed E-state index contributed by atoms with van der Waals surface area (Å²) in [7, 11) is 0. The van der Waals surface area contributed by atoms with Crippen molar-refractivity contribution in [3.8, 4) is 17.1 Å². The molecule has 29 heavy (non-hydrogen) atoms. The molecule has 5 nitrogen and oxygen atoms in total. The highest BCUT2D eigenvalue weighted by Crippen LogP contribution is 2.38. The molecule has 146 valence electrons. The molecule has 1 aliphatic carbocycles. The maximum absolute atomic E-state index is 6.38. The number of nitrogens with two attached hydrogens (primary N) is 1. The van der Waals surface area contributed by atoms with Gasteiger partial charge in [0.2, 0.25) is 0 Å². The normalized spacial score (nSPS) is 18.6. The quantitative estimate of drug-likeness (QED) is 0.463. The average Bonchev–Trinajstić information content (AvgIpc) is 3.13. The van der Waals surface area contributed by atoms with Gasteiger partial charge in [0.15, 0.2) is 11.5 Å². The smallest absolute Gasteiger partial charge is 0.171 e. The minimum atomic E-state index is -0.0488. The number of ether oxygens (including phenoxy) is 1. The van der Waals surface area contributed by atoms with Crippen molar-refractivity contribution in [1.29, 1.82) is 0 Å². The molecule has 2 unspecified atom stereocenters. The Balaban J connectivity index is 1.54. The van der Waals surface area contributed by atoms with E-state index in [0.29, 0.717) is 27.1 Å². The second-order valence-electron chi connectivity index (χ2n) is 7.13. The molecule has 5 rings (SSSR count). The van der Waals surface area contributed by atoms with Crippen LogP contribution in [0.1, 0.15) is 36.1 Å². The second-order valence-corrected chi connectivity index (χ2v) is 7.95. The van der Waals surface area contributed by atoms with Crippen molar-refractivity contribution < 1.29 is 4.74 Å². The molecule has 0 amide bonds. The largest absolute Gasteiger partial charge is 0.484 e. The molecule has 0 saturated carbocycles. The van der Waals surface area contributed by atoms with Crippen LogP contribution in [0.15, 0.2) is 60.8 Å². The van der Waals surface area contributed by atoms with E-state index in [1.54, 1.807) is 18.2 Å². The third kappa shape index (κ3) is 3.25. The summed E-state index contributed by atoms with van der Waals surface area (Å²) in [6.45, 7) is 0. The van der Waals surface area contributed by atoms with Gasteiger partial charge in [-0.05, 0) is 48.2 Å². The molecule has 1 aliphatic rings. The minimum absolute atomic E-state index is 0.0488. The predicted octanol–water partition coefficient (Wildman–Crippen LogP) is 5.62. The number of pyridine rings is 1. The molecule has 0 bridgehead atoms. The lowest BCUT2D eigenvalue weighted by Gasteiger charge is -2.30. The molecule has 2 heterocycles. The van der Waals surface area contributed by atoms with Crippen LogP contribution in [0.3, 0.4) is 0 Å². The third-order valence-electron chi connectivity index (χ3n) is 5.32. The maximum atomic E-state index is 6.38. The zero-order valence-electron chi connectivity index (χ0n) is 15.4. The van der Waals surface area contributed by atoms with E-state index in [4.69, 9.17) is 33.7 Å². The van der Waals surface area contributed by atoms with Gasteiger partial charge in [0, 0.05) is 6.04 Å². The monoisotopic (exact) mass is 424 g/mol. The van der Waals surface area contributed by atoms with E-state index in [2.05, 4.69) is 22.3 Å². The van der Waals surface area contributed by atoms with E-state index in [-0.39, 0.29) is 12.1 Å². The summed E-state index contributed by atoms with van der Waals surface area (Å²) < 4.78 is 8.21. The molecule has 4 aromatic rings. The summed E-state index contributed by atoms with van der Waals surface area (Å²) in [4.78, 5) is 0. The van der Waals surface area contributed by atoms with E-state index in [1.807, 2.05) is 34.9 Å². The summed E-state index contributed by atoms with van der Waals surface area (Å²) in [5.41, 5.74) is 9.90. The van der Waals surface area contributed by atoms with Crippen LogP contribution < -0.4 is 10.5 Å². The number of hydrogen-bond acceptors (Lipinski definition) is 4. The number of nitrogens with zero attached hydrogens (tertiary/aromatic N) is 3. The van der Waals surface area contributed by atoms with E-state index in [9.17, 15) is 0 Å². The highest BCUT2D eigenvalue weighted by molar-refractivity contribution is 6.39. The zero-order chi connectivity index (χ0) is 20.0. The first-order valence-corrected chi connectivity index (χ1v) is 10.2. The molecule has 0 saturated heterocycles. The van der Waals surface area contributed by atoms with Gasteiger partial charge in [0.1, 0.15) is 11.9 Å². The molecule has 2 aromatic carbocycles. The van der Waals surface area contributed by atoms with Crippen molar-refractivity contribution in [2.75, 3.05) is 0 Å².